The van der Waals surface area contributed by atoms with Crippen LogP contribution in [0.15, 0.2) is 22.9 Å². The Kier molecular flexibility index (Phi) is 3.33. The third-order valence-electron chi connectivity index (χ3n) is 3.65. The number of rotatable bonds is 6. The third-order valence-corrected chi connectivity index (χ3v) is 3.65. The van der Waals surface area contributed by atoms with Crippen LogP contribution >= 0.6 is 0 Å². The van der Waals surface area contributed by atoms with Crippen LogP contribution in [0, 0.1) is 0 Å². The molecule has 19 heavy (non-hydrogen) atoms. The highest BCUT2D eigenvalue weighted by Gasteiger charge is 2.29. The molecular formula is C13H19N5O. The molecule has 102 valence electrons. The van der Waals surface area contributed by atoms with Gasteiger partial charge < -0.3 is 9.73 Å². The average Bonchev–Trinajstić information content (AvgIpc) is 2.96. The molecule has 2 aromatic rings. The minimum atomic E-state index is 0.274. The SMILES string of the molecule is C[C@H]([C@@H](C)NCc1nnc(C2CC2)o1)n1cccn1. The van der Waals surface area contributed by atoms with Gasteiger partial charge in [-0.1, -0.05) is 0 Å². The average molecular weight is 261 g/mol. The third kappa shape index (κ3) is 2.84. The summed E-state index contributed by atoms with van der Waals surface area (Å²) in [5, 5.41) is 15.8. The topological polar surface area (TPSA) is 68.8 Å². The Morgan fingerprint density at radius 1 is 1.42 bits per heavy atom. The molecule has 1 aliphatic rings. The standard InChI is InChI=1S/C13H19N5O/c1-9(10(2)18-7-3-6-15-18)14-8-12-16-17-13(19-12)11-4-5-11/h3,6-7,9-11,14H,4-5,8H2,1-2H3/t9-,10-/m1/s1. The van der Waals surface area contributed by atoms with Crippen LogP contribution in [0.5, 0.6) is 0 Å². The van der Waals surface area contributed by atoms with Crippen molar-refractivity contribution in [3.05, 3.63) is 30.2 Å². The highest BCUT2D eigenvalue weighted by Crippen LogP contribution is 2.38. The van der Waals surface area contributed by atoms with Gasteiger partial charge in [-0.2, -0.15) is 5.10 Å². The predicted octanol–water partition coefficient (Wildman–Crippen LogP) is 1.88. The largest absolute Gasteiger partial charge is 0.424 e. The first-order chi connectivity index (χ1) is 9.24. The number of hydrogen-bond donors (Lipinski definition) is 1. The van der Waals surface area contributed by atoms with Gasteiger partial charge in [0.05, 0.1) is 12.6 Å². The number of aromatic nitrogens is 4. The molecule has 0 radical (unpaired) electrons. The molecule has 1 N–H and O–H groups in total. The van der Waals surface area contributed by atoms with Gasteiger partial charge in [0.2, 0.25) is 11.8 Å². The Labute approximate surface area is 112 Å². The van der Waals surface area contributed by atoms with Crippen LogP contribution in [0.2, 0.25) is 0 Å². The van der Waals surface area contributed by atoms with E-state index in [1.165, 1.54) is 12.8 Å². The summed E-state index contributed by atoms with van der Waals surface area (Å²) in [5.74, 6) is 1.98. The number of hydrogen-bond acceptors (Lipinski definition) is 5. The van der Waals surface area contributed by atoms with Gasteiger partial charge in [0.15, 0.2) is 0 Å². The molecule has 0 aliphatic heterocycles. The predicted molar refractivity (Wildman–Crippen MR) is 69.5 cm³/mol. The molecule has 6 heteroatoms. The van der Waals surface area contributed by atoms with E-state index < -0.39 is 0 Å². The first-order valence-corrected chi connectivity index (χ1v) is 6.79. The Balaban J connectivity index is 1.53. The summed E-state index contributed by atoms with van der Waals surface area (Å²) in [6.45, 7) is 4.87. The van der Waals surface area contributed by atoms with Gasteiger partial charge in [0, 0.05) is 24.4 Å². The normalized spacial score (nSPS) is 18.4. The maximum absolute atomic E-state index is 5.62. The summed E-state index contributed by atoms with van der Waals surface area (Å²) in [4.78, 5) is 0. The van der Waals surface area contributed by atoms with Crippen LogP contribution in [0.4, 0.5) is 0 Å². The zero-order chi connectivity index (χ0) is 13.2. The summed E-state index contributed by atoms with van der Waals surface area (Å²) in [5.41, 5.74) is 0. The van der Waals surface area contributed by atoms with Gasteiger partial charge in [-0.3, -0.25) is 4.68 Å². The lowest BCUT2D eigenvalue weighted by Gasteiger charge is -2.20. The molecule has 1 fully saturated rings. The maximum atomic E-state index is 5.62. The quantitative estimate of drug-likeness (QED) is 0.860. The van der Waals surface area contributed by atoms with Crippen LogP contribution < -0.4 is 5.32 Å². The molecule has 0 aromatic carbocycles. The van der Waals surface area contributed by atoms with Gasteiger partial charge >= 0.3 is 0 Å². The second-order valence-corrected chi connectivity index (χ2v) is 5.20. The van der Waals surface area contributed by atoms with E-state index in [1.54, 1.807) is 6.20 Å². The molecule has 1 saturated carbocycles. The van der Waals surface area contributed by atoms with Crippen molar-refractivity contribution in [1.29, 1.82) is 0 Å². The lowest BCUT2D eigenvalue weighted by atomic mass is 10.2. The van der Waals surface area contributed by atoms with E-state index in [1.807, 2.05) is 16.9 Å². The molecule has 1 aliphatic carbocycles. The zero-order valence-electron chi connectivity index (χ0n) is 11.3. The summed E-state index contributed by atoms with van der Waals surface area (Å²) < 4.78 is 7.57. The maximum Gasteiger partial charge on any atom is 0.230 e. The fourth-order valence-corrected chi connectivity index (χ4v) is 2.00. The monoisotopic (exact) mass is 261 g/mol. The molecule has 3 rings (SSSR count). The van der Waals surface area contributed by atoms with Crippen molar-refractivity contribution in [1.82, 2.24) is 25.3 Å². The molecular weight excluding hydrogens is 242 g/mol. The Morgan fingerprint density at radius 3 is 2.95 bits per heavy atom. The summed E-state index contributed by atoms with van der Waals surface area (Å²) in [6, 6.07) is 2.49. The van der Waals surface area contributed by atoms with Crippen LogP contribution in [0.1, 0.15) is 50.4 Å². The Morgan fingerprint density at radius 2 is 2.26 bits per heavy atom. The van der Waals surface area contributed by atoms with Crippen molar-refractivity contribution in [2.75, 3.05) is 0 Å². The fraction of sp³-hybridized carbons (Fsp3) is 0.615. The molecule has 2 heterocycles. The summed E-state index contributed by atoms with van der Waals surface area (Å²) in [7, 11) is 0. The smallest absolute Gasteiger partial charge is 0.230 e. The van der Waals surface area contributed by atoms with Gasteiger partial charge in [-0.25, -0.2) is 0 Å². The first kappa shape index (κ1) is 12.3. The van der Waals surface area contributed by atoms with E-state index >= 15 is 0 Å². The van der Waals surface area contributed by atoms with E-state index in [0.29, 0.717) is 18.4 Å². The van der Waals surface area contributed by atoms with Crippen LogP contribution in [-0.2, 0) is 6.54 Å². The molecule has 2 aromatic heterocycles. The van der Waals surface area contributed by atoms with E-state index in [0.717, 1.165) is 5.89 Å². The van der Waals surface area contributed by atoms with Crippen LogP contribution in [0.25, 0.3) is 0 Å². The Bertz CT molecular complexity index is 517. The van der Waals surface area contributed by atoms with Crippen molar-refractivity contribution < 1.29 is 4.42 Å². The van der Waals surface area contributed by atoms with Gasteiger partial charge in [-0.05, 0) is 32.8 Å². The van der Waals surface area contributed by atoms with Crippen molar-refractivity contribution in [3.63, 3.8) is 0 Å². The van der Waals surface area contributed by atoms with E-state index in [4.69, 9.17) is 4.42 Å². The van der Waals surface area contributed by atoms with E-state index in [-0.39, 0.29) is 12.1 Å². The summed E-state index contributed by atoms with van der Waals surface area (Å²) in [6.07, 6.45) is 6.13. The summed E-state index contributed by atoms with van der Waals surface area (Å²) >= 11 is 0. The molecule has 0 spiro atoms. The molecule has 2 atom stereocenters. The van der Waals surface area contributed by atoms with Crippen molar-refractivity contribution in [2.24, 2.45) is 0 Å². The lowest BCUT2D eigenvalue weighted by Crippen LogP contribution is -2.33. The van der Waals surface area contributed by atoms with Gasteiger partial charge in [0.25, 0.3) is 0 Å². The zero-order valence-corrected chi connectivity index (χ0v) is 11.3. The second-order valence-electron chi connectivity index (χ2n) is 5.20. The Hall–Kier alpha value is -1.69. The number of nitrogens with one attached hydrogen (secondary N) is 1. The van der Waals surface area contributed by atoms with Crippen LogP contribution in [0.3, 0.4) is 0 Å². The minimum Gasteiger partial charge on any atom is -0.424 e. The molecule has 6 nitrogen and oxygen atoms in total. The molecule has 0 saturated heterocycles. The lowest BCUT2D eigenvalue weighted by molar-refractivity contribution is 0.344. The molecule has 0 amide bonds. The van der Waals surface area contributed by atoms with Crippen molar-refractivity contribution >= 4 is 0 Å². The van der Waals surface area contributed by atoms with Crippen molar-refractivity contribution in [3.8, 4) is 0 Å². The highest BCUT2D eigenvalue weighted by molar-refractivity contribution is 5.00. The fourth-order valence-electron chi connectivity index (χ4n) is 2.00. The van der Waals surface area contributed by atoms with Crippen LogP contribution in [-0.4, -0.2) is 26.0 Å². The minimum absolute atomic E-state index is 0.274. The van der Waals surface area contributed by atoms with Gasteiger partial charge in [0.1, 0.15) is 0 Å². The van der Waals surface area contributed by atoms with E-state index in [9.17, 15) is 0 Å². The van der Waals surface area contributed by atoms with E-state index in [2.05, 4.69) is 34.5 Å². The van der Waals surface area contributed by atoms with Gasteiger partial charge in [-0.15, -0.1) is 10.2 Å². The second kappa shape index (κ2) is 5.13. The van der Waals surface area contributed by atoms with Crippen molar-refractivity contribution in [2.45, 2.75) is 51.2 Å². The molecule has 0 unspecified atom stereocenters. The number of nitrogens with zero attached hydrogens (tertiary/aromatic N) is 4. The molecule has 0 bridgehead atoms. The highest BCUT2D eigenvalue weighted by atomic mass is 16.4. The first-order valence-electron chi connectivity index (χ1n) is 6.79.